The minimum Gasteiger partial charge on any atom is -0.481 e. The number of nitrogens with zero attached hydrogens (tertiary/aromatic N) is 3. The van der Waals surface area contributed by atoms with Gasteiger partial charge < -0.3 is 10.4 Å². The Morgan fingerprint density at radius 2 is 1.52 bits per heavy atom. The van der Waals surface area contributed by atoms with Crippen LogP contribution in [-0.2, 0) is 11.3 Å². The van der Waals surface area contributed by atoms with Gasteiger partial charge in [-0.2, -0.15) is 10.4 Å². The molecule has 2 N–H and O–H groups in total. The van der Waals surface area contributed by atoms with Gasteiger partial charge in [-0.3, -0.25) is 14.3 Å². The fraction of sp³-hybridized carbons (Fsp3) is 0.0909. The van der Waals surface area contributed by atoms with Gasteiger partial charge in [0.05, 0.1) is 36.0 Å². The molecule has 5 aromatic rings. The molecule has 1 aromatic heterocycles. The molecule has 0 radical (unpaired) electrons. The van der Waals surface area contributed by atoms with E-state index in [2.05, 4.69) is 17.5 Å². The maximum absolute atomic E-state index is 12.4. The summed E-state index contributed by atoms with van der Waals surface area (Å²) < 4.78 is 1.89. The number of carbonyl (C=O) groups excluding carboxylic acids is 1. The van der Waals surface area contributed by atoms with Crippen LogP contribution in [0.3, 0.4) is 0 Å². The monoisotopic (exact) mass is 594 g/mol. The number of nitrogens with one attached hydrogen (secondary N) is 1. The van der Waals surface area contributed by atoms with Crippen molar-refractivity contribution in [3.63, 3.8) is 0 Å². The molecule has 1 heterocycles. The number of carboxylic acid groups (broad SMARTS) is 1. The molecule has 0 unspecified atom stereocenters. The highest BCUT2D eigenvalue weighted by Gasteiger charge is 2.15. The van der Waals surface area contributed by atoms with Gasteiger partial charge in [0.1, 0.15) is 0 Å². The van der Waals surface area contributed by atoms with Crippen molar-refractivity contribution in [1.82, 2.24) is 15.1 Å². The van der Waals surface area contributed by atoms with Crippen LogP contribution in [0, 0.1) is 11.3 Å². The number of rotatable bonds is 9. The Bertz CT molecular complexity index is 1790. The third kappa shape index (κ3) is 6.87. The molecule has 0 spiro atoms. The van der Waals surface area contributed by atoms with E-state index in [1.54, 1.807) is 30.3 Å². The predicted molar refractivity (Wildman–Crippen MR) is 163 cm³/mol. The molecule has 5 rings (SSSR count). The van der Waals surface area contributed by atoms with Gasteiger partial charge in [0.2, 0.25) is 0 Å². The Labute approximate surface area is 252 Å². The zero-order valence-electron chi connectivity index (χ0n) is 22.2. The van der Waals surface area contributed by atoms with E-state index in [4.69, 9.17) is 38.7 Å². The zero-order valence-corrected chi connectivity index (χ0v) is 23.7. The fourth-order valence-electron chi connectivity index (χ4n) is 4.53. The first-order valence-corrected chi connectivity index (χ1v) is 13.8. The highest BCUT2D eigenvalue weighted by molar-refractivity contribution is 6.35. The average Bonchev–Trinajstić information content (AvgIpc) is 3.41. The number of hydrogen-bond acceptors (Lipinski definition) is 4. The van der Waals surface area contributed by atoms with Gasteiger partial charge in [0.25, 0.3) is 5.91 Å². The van der Waals surface area contributed by atoms with Crippen molar-refractivity contribution < 1.29 is 14.7 Å². The van der Waals surface area contributed by atoms with Crippen molar-refractivity contribution in [2.45, 2.75) is 13.0 Å². The fourth-order valence-corrected chi connectivity index (χ4v) is 5.05. The van der Waals surface area contributed by atoms with E-state index < -0.39 is 5.97 Å². The summed E-state index contributed by atoms with van der Waals surface area (Å²) in [5.74, 6) is -1.30. The van der Waals surface area contributed by atoms with Crippen LogP contribution < -0.4 is 5.32 Å². The molecule has 4 aromatic carbocycles. The molecular formula is C33H24Cl2N4O3. The van der Waals surface area contributed by atoms with Gasteiger partial charge in [-0.25, -0.2) is 0 Å². The lowest BCUT2D eigenvalue weighted by atomic mass is 10.0. The minimum absolute atomic E-state index is 0.0599. The molecule has 0 atom stereocenters. The largest absolute Gasteiger partial charge is 0.481 e. The van der Waals surface area contributed by atoms with Crippen molar-refractivity contribution in [2.75, 3.05) is 6.54 Å². The first-order valence-electron chi connectivity index (χ1n) is 13.0. The number of halogens is 2. The lowest BCUT2D eigenvalue weighted by Crippen LogP contribution is -2.25. The zero-order chi connectivity index (χ0) is 29.6. The van der Waals surface area contributed by atoms with Crippen molar-refractivity contribution in [1.29, 1.82) is 5.26 Å². The van der Waals surface area contributed by atoms with E-state index in [9.17, 15) is 9.59 Å². The quantitative estimate of drug-likeness (QED) is 0.186. The molecule has 42 heavy (non-hydrogen) atoms. The van der Waals surface area contributed by atoms with Crippen LogP contribution in [0.1, 0.15) is 27.9 Å². The van der Waals surface area contributed by atoms with Crippen LogP contribution in [0.4, 0.5) is 0 Å². The Hall–Kier alpha value is -4.90. The average molecular weight is 595 g/mol. The topological polar surface area (TPSA) is 108 Å². The third-order valence-electron chi connectivity index (χ3n) is 6.62. The maximum atomic E-state index is 12.4. The molecule has 0 saturated heterocycles. The van der Waals surface area contributed by atoms with E-state index in [1.165, 1.54) is 0 Å². The van der Waals surface area contributed by atoms with Gasteiger partial charge in [-0.1, -0.05) is 65.7 Å². The van der Waals surface area contributed by atoms with Crippen LogP contribution in [0.25, 0.3) is 33.6 Å². The van der Waals surface area contributed by atoms with E-state index >= 15 is 0 Å². The molecule has 0 bridgehead atoms. The first-order chi connectivity index (χ1) is 20.3. The SMILES string of the molecule is N#Cc1ccc(-c2cccc(-c3cc(-c4cc(Cl)cc(Cl)c4)nn3Cc3ccc(C(=O)NCCC(=O)O)cc3)c2)cc1. The summed E-state index contributed by atoms with van der Waals surface area (Å²) in [4.78, 5) is 23.1. The second-order valence-corrected chi connectivity index (χ2v) is 10.5. The van der Waals surface area contributed by atoms with Crippen molar-refractivity contribution in [2.24, 2.45) is 0 Å². The van der Waals surface area contributed by atoms with Crippen LogP contribution in [0.2, 0.25) is 10.0 Å². The number of nitriles is 1. The van der Waals surface area contributed by atoms with Crippen LogP contribution in [0.5, 0.6) is 0 Å². The van der Waals surface area contributed by atoms with Gasteiger partial charge in [-0.15, -0.1) is 0 Å². The second kappa shape index (κ2) is 12.7. The predicted octanol–water partition coefficient (Wildman–Crippen LogP) is 7.32. The maximum Gasteiger partial charge on any atom is 0.305 e. The normalized spacial score (nSPS) is 10.7. The summed E-state index contributed by atoms with van der Waals surface area (Å²) in [5, 5.41) is 26.5. The van der Waals surface area contributed by atoms with Crippen molar-refractivity contribution in [3.05, 3.63) is 124 Å². The molecule has 9 heteroatoms. The van der Waals surface area contributed by atoms with Crippen LogP contribution in [-0.4, -0.2) is 33.3 Å². The highest BCUT2D eigenvalue weighted by Crippen LogP contribution is 2.32. The number of hydrogen-bond donors (Lipinski definition) is 2. The number of aliphatic carboxylic acids is 1. The molecule has 0 aliphatic heterocycles. The summed E-state index contributed by atoms with van der Waals surface area (Å²) in [6.07, 6.45) is -0.140. The number of carboxylic acids is 1. The standard InChI is InChI=1S/C33H24Cl2N4O3/c34-28-15-27(16-29(35)17-28)30-18-31(26-3-1-2-25(14-26)23-8-4-21(19-36)5-9-23)39(38-30)20-22-6-10-24(11-7-22)33(42)37-13-12-32(40)41/h1-11,14-18H,12-13,20H2,(H,37,42)(H,40,41). The summed E-state index contributed by atoms with van der Waals surface area (Å²) >= 11 is 12.6. The Kier molecular flexibility index (Phi) is 8.68. The molecule has 0 saturated carbocycles. The van der Waals surface area contributed by atoms with E-state index in [0.717, 1.165) is 33.5 Å². The number of aromatic nitrogens is 2. The molecule has 0 aliphatic rings. The summed E-state index contributed by atoms with van der Waals surface area (Å²) in [6.45, 7) is 0.482. The van der Waals surface area contributed by atoms with Gasteiger partial charge in [-0.05, 0) is 71.3 Å². The lowest BCUT2D eigenvalue weighted by Gasteiger charge is -2.10. The van der Waals surface area contributed by atoms with Gasteiger partial charge in [0, 0.05) is 33.3 Å². The molecule has 0 fully saturated rings. The Balaban J connectivity index is 1.48. The molecule has 208 valence electrons. The van der Waals surface area contributed by atoms with E-state index in [0.29, 0.717) is 33.4 Å². The van der Waals surface area contributed by atoms with Crippen LogP contribution >= 0.6 is 23.2 Å². The van der Waals surface area contributed by atoms with E-state index in [-0.39, 0.29) is 18.9 Å². The molecular weight excluding hydrogens is 571 g/mol. The van der Waals surface area contributed by atoms with E-state index in [1.807, 2.05) is 65.3 Å². The Morgan fingerprint density at radius 3 is 2.19 bits per heavy atom. The lowest BCUT2D eigenvalue weighted by molar-refractivity contribution is -0.136. The third-order valence-corrected chi connectivity index (χ3v) is 7.05. The smallest absolute Gasteiger partial charge is 0.305 e. The van der Waals surface area contributed by atoms with Gasteiger partial charge in [0.15, 0.2) is 0 Å². The number of amides is 1. The number of benzene rings is 4. The molecule has 0 aliphatic carbocycles. The summed E-state index contributed by atoms with van der Waals surface area (Å²) in [6, 6.07) is 32.1. The highest BCUT2D eigenvalue weighted by atomic mass is 35.5. The number of carbonyl (C=O) groups is 2. The van der Waals surface area contributed by atoms with Gasteiger partial charge >= 0.3 is 5.97 Å². The Morgan fingerprint density at radius 1 is 0.833 bits per heavy atom. The summed E-state index contributed by atoms with van der Waals surface area (Å²) in [5.41, 5.74) is 7.23. The first kappa shape index (κ1) is 28.6. The summed E-state index contributed by atoms with van der Waals surface area (Å²) in [7, 11) is 0. The minimum atomic E-state index is -0.970. The molecule has 7 nitrogen and oxygen atoms in total. The second-order valence-electron chi connectivity index (χ2n) is 9.60. The van der Waals surface area contributed by atoms with Crippen LogP contribution in [0.15, 0.2) is 97.1 Å². The van der Waals surface area contributed by atoms with Crippen molar-refractivity contribution in [3.8, 4) is 39.7 Å². The molecule has 1 amide bonds. The van der Waals surface area contributed by atoms with Crippen molar-refractivity contribution >= 4 is 35.1 Å².